The molecule has 2 aliphatic rings. The van der Waals surface area contributed by atoms with Gasteiger partial charge < -0.3 is 15.1 Å². The van der Waals surface area contributed by atoms with Crippen LogP contribution in [0.5, 0.6) is 0 Å². The van der Waals surface area contributed by atoms with E-state index in [1.54, 1.807) is 12.1 Å². The van der Waals surface area contributed by atoms with Crippen molar-refractivity contribution in [2.24, 2.45) is 5.92 Å². The van der Waals surface area contributed by atoms with Gasteiger partial charge in [-0.25, -0.2) is 0 Å². The molecule has 1 aromatic carbocycles. The fraction of sp³-hybridized carbons (Fsp3) is 0.435. The molecule has 29 heavy (non-hydrogen) atoms. The number of carbonyl (C=O) groups excluding carboxylic acids is 2. The van der Waals surface area contributed by atoms with Gasteiger partial charge in [0.05, 0.1) is 0 Å². The number of piperidine rings is 1. The van der Waals surface area contributed by atoms with E-state index in [0.717, 1.165) is 44.7 Å². The number of rotatable bonds is 4. The molecule has 2 amide bonds. The van der Waals surface area contributed by atoms with Crippen molar-refractivity contribution in [2.75, 3.05) is 36.4 Å². The Kier molecular flexibility index (Phi) is 5.79. The number of likely N-dealkylation sites (tertiary alicyclic amines) is 1. The predicted molar refractivity (Wildman–Crippen MR) is 114 cm³/mol. The number of benzene rings is 1. The lowest BCUT2D eigenvalue weighted by Crippen LogP contribution is -2.38. The lowest BCUT2D eigenvalue weighted by atomic mass is 9.98. The van der Waals surface area contributed by atoms with Crippen LogP contribution < -0.4 is 10.2 Å². The number of nitrogens with one attached hydrogen (secondary N) is 1. The van der Waals surface area contributed by atoms with Crippen molar-refractivity contribution in [1.82, 2.24) is 9.88 Å². The summed E-state index contributed by atoms with van der Waals surface area (Å²) in [6, 6.07) is 11.2. The average molecular weight is 393 g/mol. The summed E-state index contributed by atoms with van der Waals surface area (Å²) in [7, 11) is 0. The van der Waals surface area contributed by atoms with Crippen molar-refractivity contribution in [1.29, 1.82) is 0 Å². The first-order valence-corrected chi connectivity index (χ1v) is 10.5. The summed E-state index contributed by atoms with van der Waals surface area (Å²) in [6.07, 6.45) is 6.05. The number of hydrogen-bond acceptors (Lipinski definition) is 4. The number of aromatic nitrogens is 1. The second kappa shape index (κ2) is 8.64. The largest absolute Gasteiger partial charge is 0.372 e. The Morgan fingerprint density at radius 1 is 1.00 bits per heavy atom. The molecule has 2 aromatic rings. The van der Waals surface area contributed by atoms with E-state index in [4.69, 9.17) is 0 Å². The number of amides is 2. The van der Waals surface area contributed by atoms with Crippen molar-refractivity contribution < 1.29 is 9.59 Å². The third kappa shape index (κ3) is 4.58. The molecular weight excluding hydrogens is 364 g/mol. The second-order valence-corrected chi connectivity index (χ2v) is 8.10. The van der Waals surface area contributed by atoms with Crippen LogP contribution in [0.15, 0.2) is 42.6 Å². The Labute approximate surface area is 171 Å². The van der Waals surface area contributed by atoms with Crippen molar-refractivity contribution in [3.8, 4) is 0 Å². The zero-order chi connectivity index (χ0) is 20.2. The average Bonchev–Trinajstić information content (AvgIpc) is 3.29. The minimum absolute atomic E-state index is 0.0247. The first-order valence-electron chi connectivity index (χ1n) is 10.5. The molecule has 0 unspecified atom stereocenters. The van der Waals surface area contributed by atoms with E-state index >= 15 is 0 Å². The van der Waals surface area contributed by atoms with E-state index in [2.05, 4.69) is 22.1 Å². The first-order chi connectivity index (χ1) is 14.1. The summed E-state index contributed by atoms with van der Waals surface area (Å²) in [4.78, 5) is 33.8. The molecule has 4 rings (SSSR count). The topological polar surface area (TPSA) is 65.5 Å². The fourth-order valence-electron chi connectivity index (χ4n) is 4.01. The summed E-state index contributed by atoms with van der Waals surface area (Å²) in [6.45, 7) is 5.94. The maximum atomic E-state index is 12.8. The van der Waals surface area contributed by atoms with Gasteiger partial charge in [-0.15, -0.1) is 0 Å². The van der Waals surface area contributed by atoms with Crippen molar-refractivity contribution in [3.05, 3.63) is 53.9 Å². The number of nitrogens with zero attached hydrogens (tertiary/aromatic N) is 3. The van der Waals surface area contributed by atoms with Gasteiger partial charge in [0.2, 0.25) is 0 Å². The summed E-state index contributed by atoms with van der Waals surface area (Å²) in [5, 5.41) is 2.88. The van der Waals surface area contributed by atoms with Crippen LogP contribution in [-0.2, 0) is 0 Å². The zero-order valence-electron chi connectivity index (χ0n) is 16.9. The predicted octanol–water partition coefficient (Wildman–Crippen LogP) is 3.81. The minimum atomic E-state index is -0.305. The van der Waals surface area contributed by atoms with Crippen LogP contribution >= 0.6 is 0 Å². The van der Waals surface area contributed by atoms with Crippen LogP contribution in [0.25, 0.3) is 0 Å². The number of anilines is 2. The van der Waals surface area contributed by atoms with Gasteiger partial charge in [0.25, 0.3) is 11.8 Å². The summed E-state index contributed by atoms with van der Waals surface area (Å²) >= 11 is 0. The molecule has 2 aliphatic heterocycles. The molecule has 6 nitrogen and oxygen atoms in total. The second-order valence-electron chi connectivity index (χ2n) is 8.10. The molecule has 0 saturated carbocycles. The Bertz CT molecular complexity index is 867. The van der Waals surface area contributed by atoms with Gasteiger partial charge in [-0.3, -0.25) is 14.6 Å². The minimum Gasteiger partial charge on any atom is -0.372 e. The van der Waals surface area contributed by atoms with Gasteiger partial charge in [0.15, 0.2) is 0 Å². The highest BCUT2D eigenvalue weighted by atomic mass is 16.2. The Morgan fingerprint density at radius 3 is 2.38 bits per heavy atom. The molecule has 1 N–H and O–H groups in total. The quantitative estimate of drug-likeness (QED) is 0.859. The summed E-state index contributed by atoms with van der Waals surface area (Å²) in [5.41, 5.74) is 2.68. The smallest absolute Gasteiger partial charge is 0.274 e. The molecule has 0 aliphatic carbocycles. The molecule has 1 aromatic heterocycles. The van der Waals surface area contributed by atoms with Crippen LogP contribution in [0.1, 0.15) is 53.5 Å². The number of carbonyl (C=O) groups is 2. The standard InChI is InChI=1S/C23H28N4O2/c1-17-9-14-27(15-10-17)23(29)18-8-11-24-21(16-18)22(28)25-19-4-6-20(7-5-19)26-12-2-3-13-26/h4-8,11,16-17H,2-3,9-10,12-15H2,1H3,(H,25,28). The van der Waals surface area contributed by atoms with E-state index in [9.17, 15) is 9.59 Å². The molecule has 152 valence electrons. The van der Waals surface area contributed by atoms with Gasteiger partial charge >= 0.3 is 0 Å². The SMILES string of the molecule is CC1CCN(C(=O)c2ccnc(C(=O)Nc3ccc(N4CCCC4)cc3)c2)CC1. The number of pyridine rings is 1. The van der Waals surface area contributed by atoms with Crippen molar-refractivity contribution >= 4 is 23.2 Å². The Balaban J connectivity index is 1.41. The van der Waals surface area contributed by atoms with Gasteiger partial charge in [0.1, 0.15) is 5.69 Å². The lowest BCUT2D eigenvalue weighted by molar-refractivity contribution is 0.0697. The highest BCUT2D eigenvalue weighted by Gasteiger charge is 2.22. The Morgan fingerprint density at radius 2 is 1.69 bits per heavy atom. The third-order valence-corrected chi connectivity index (χ3v) is 5.91. The monoisotopic (exact) mass is 392 g/mol. The van der Waals surface area contributed by atoms with Crippen LogP contribution in [0.4, 0.5) is 11.4 Å². The molecule has 3 heterocycles. The van der Waals surface area contributed by atoms with E-state index in [1.807, 2.05) is 29.2 Å². The molecular formula is C23H28N4O2. The molecule has 2 saturated heterocycles. The molecule has 6 heteroatoms. The number of hydrogen-bond donors (Lipinski definition) is 1. The van der Waals surface area contributed by atoms with Gasteiger partial charge in [-0.2, -0.15) is 0 Å². The molecule has 0 spiro atoms. The molecule has 0 bridgehead atoms. The maximum Gasteiger partial charge on any atom is 0.274 e. The highest BCUT2D eigenvalue weighted by Crippen LogP contribution is 2.22. The fourth-order valence-corrected chi connectivity index (χ4v) is 4.01. The van der Waals surface area contributed by atoms with Crippen LogP contribution in [0, 0.1) is 5.92 Å². The van der Waals surface area contributed by atoms with E-state index in [0.29, 0.717) is 11.5 Å². The highest BCUT2D eigenvalue weighted by molar-refractivity contribution is 6.04. The van der Waals surface area contributed by atoms with Gasteiger partial charge in [0, 0.05) is 49.3 Å². The van der Waals surface area contributed by atoms with E-state index in [1.165, 1.54) is 24.7 Å². The Hall–Kier alpha value is -2.89. The van der Waals surface area contributed by atoms with Crippen LogP contribution in [0.2, 0.25) is 0 Å². The maximum absolute atomic E-state index is 12.8. The summed E-state index contributed by atoms with van der Waals surface area (Å²) < 4.78 is 0. The normalized spacial score (nSPS) is 17.4. The van der Waals surface area contributed by atoms with Crippen molar-refractivity contribution in [2.45, 2.75) is 32.6 Å². The summed E-state index contributed by atoms with van der Waals surface area (Å²) in [5.74, 6) is 0.332. The molecule has 2 fully saturated rings. The van der Waals surface area contributed by atoms with Crippen molar-refractivity contribution in [3.63, 3.8) is 0 Å². The van der Waals surface area contributed by atoms with E-state index < -0.39 is 0 Å². The molecule has 0 atom stereocenters. The lowest BCUT2D eigenvalue weighted by Gasteiger charge is -2.30. The first kappa shape index (κ1) is 19.4. The van der Waals surface area contributed by atoms with Gasteiger partial charge in [-0.05, 0) is 68.0 Å². The third-order valence-electron chi connectivity index (χ3n) is 5.91. The zero-order valence-corrected chi connectivity index (χ0v) is 16.9. The van der Waals surface area contributed by atoms with Crippen LogP contribution in [-0.4, -0.2) is 47.9 Å². The molecule has 0 radical (unpaired) electrons. The van der Waals surface area contributed by atoms with Gasteiger partial charge in [-0.1, -0.05) is 6.92 Å². The van der Waals surface area contributed by atoms with E-state index in [-0.39, 0.29) is 17.5 Å². The van der Waals surface area contributed by atoms with Crippen LogP contribution in [0.3, 0.4) is 0 Å².